The third-order valence-corrected chi connectivity index (χ3v) is 3.21. The SMILES string of the molecule is CCP(=O)(O)CCCN.Cl.Cl. The van der Waals surface area contributed by atoms with E-state index in [0.717, 1.165) is 0 Å². The van der Waals surface area contributed by atoms with Gasteiger partial charge in [-0.2, -0.15) is 0 Å². The van der Waals surface area contributed by atoms with Crippen LogP contribution in [0.15, 0.2) is 0 Å². The normalized spacial score (nSPS) is 14.1. The van der Waals surface area contributed by atoms with Gasteiger partial charge in [0.25, 0.3) is 0 Å². The van der Waals surface area contributed by atoms with Crippen LogP contribution < -0.4 is 5.73 Å². The summed E-state index contributed by atoms with van der Waals surface area (Å²) in [6, 6.07) is 0. The summed E-state index contributed by atoms with van der Waals surface area (Å²) in [5, 5.41) is 0. The Kier molecular flexibility index (Phi) is 14.2. The van der Waals surface area contributed by atoms with Gasteiger partial charge in [-0.25, -0.2) is 0 Å². The van der Waals surface area contributed by atoms with E-state index in [1.165, 1.54) is 0 Å². The Balaban J connectivity index is -0.000000320. The zero-order chi connectivity index (χ0) is 7.33. The zero-order valence-electron chi connectivity index (χ0n) is 6.52. The summed E-state index contributed by atoms with van der Waals surface area (Å²) < 4.78 is 10.8. The summed E-state index contributed by atoms with van der Waals surface area (Å²) in [6.45, 7) is 2.22. The van der Waals surface area contributed by atoms with Crippen LogP contribution in [-0.4, -0.2) is 23.8 Å². The Morgan fingerprint density at radius 2 is 1.91 bits per heavy atom. The summed E-state index contributed by atoms with van der Waals surface area (Å²) in [6.07, 6.45) is 1.40. The quantitative estimate of drug-likeness (QED) is 0.710. The van der Waals surface area contributed by atoms with Crippen molar-refractivity contribution in [3.63, 3.8) is 0 Å². The molecule has 0 rings (SSSR count). The van der Waals surface area contributed by atoms with Gasteiger partial charge in [0.15, 0.2) is 7.37 Å². The van der Waals surface area contributed by atoms with E-state index in [1.54, 1.807) is 6.92 Å². The Morgan fingerprint density at radius 3 is 2.18 bits per heavy atom. The van der Waals surface area contributed by atoms with Crippen molar-refractivity contribution in [3.8, 4) is 0 Å². The second-order valence-electron chi connectivity index (χ2n) is 2.03. The van der Waals surface area contributed by atoms with Crippen LogP contribution in [0.25, 0.3) is 0 Å². The smallest absolute Gasteiger partial charge is 0.200 e. The molecule has 0 aliphatic carbocycles. The highest BCUT2D eigenvalue weighted by Crippen LogP contribution is 2.39. The fourth-order valence-corrected chi connectivity index (χ4v) is 1.49. The fraction of sp³-hybridized carbons (Fsp3) is 1.00. The zero-order valence-corrected chi connectivity index (χ0v) is 9.05. The number of hydrogen-bond donors (Lipinski definition) is 2. The Labute approximate surface area is 80.0 Å². The maximum absolute atomic E-state index is 10.8. The van der Waals surface area contributed by atoms with Gasteiger partial charge >= 0.3 is 0 Å². The first-order chi connectivity index (χ1) is 4.12. The fourth-order valence-electron chi connectivity index (χ4n) is 0.496. The van der Waals surface area contributed by atoms with Crippen LogP contribution in [0.4, 0.5) is 0 Å². The monoisotopic (exact) mass is 223 g/mol. The summed E-state index contributed by atoms with van der Waals surface area (Å²) in [5.74, 6) is 0. The highest BCUT2D eigenvalue weighted by molar-refractivity contribution is 7.57. The van der Waals surface area contributed by atoms with E-state index in [0.29, 0.717) is 25.3 Å². The van der Waals surface area contributed by atoms with E-state index in [2.05, 4.69) is 0 Å². The number of hydrogen-bond acceptors (Lipinski definition) is 2. The Bertz CT molecular complexity index is 123. The molecule has 0 saturated heterocycles. The maximum atomic E-state index is 10.8. The third-order valence-electron chi connectivity index (χ3n) is 1.21. The summed E-state index contributed by atoms with van der Waals surface area (Å²) in [7, 11) is -2.77. The Morgan fingerprint density at radius 1 is 1.45 bits per heavy atom. The van der Waals surface area contributed by atoms with E-state index in [-0.39, 0.29) is 24.8 Å². The largest absolute Gasteiger partial charge is 0.344 e. The van der Waals surface area contributed by atoms with Gasteiger partial charge in [0, 0.05) is 12.3 Å². The lowest BCUT2D eigenvalue weighted by Gasteiger charge is -2.05. The van der Waals surface area contributed by atoms with Gasteiger partial charge in [0.2, 0.25) is 0 Å². The van der Waals surface area contributed by atoms with Crippen molar-refractivity contribution in [1.29, 1.82) is 0 Å². The van der Waals surface area contributed by atoms with Crippen molar-refractivity contribution in [2.45, 2.75) is 13.3 Å². The molecule has 0 aromatic carbocycles. The molecular formula is C5H16Cl2NO2P. The van der Waals surface area contributed by atoms with Crippen molar-refractivity contribution < 1.29 is 9.46 Å². The molecule has 0 amide bonds. The summed E-state index contributed by atoms with van der Waals surface area (Å²) in [5.41, 5.74) is 5.16. The van der Waals surface area contributed by atoms with E-state index >= 15 is 0 Å². The molecule has 3 nitrogen and oxygen atoms in total. The molecule has 0 aromatic rings. The number of halogens is 2. The third kappa shape index (κ3) is 10.7. The molecule has 72 valence electrons. The van der Waals surface area contributed by atoms with Crippen LogP contribution in [0.5, 0.6) is 0 Å². The van der Waals surface area contributed by atoms with Crippen molar-refractivity contribution in [3.05, 3.63) is 0 Å². The minimum Gasteiger partial charge on any atom is -0.344 e. The first-order valence-electron chi connectivity index (χ1n) is 3.13. The molecule has 0 bridgehead atoms. The number of nitrogens with two attached hydrogens (primary N) is 1. The predicted molar refractivity (Wildman–Crippen MR) is 53.4 cm³/mol. The Hall–Kier alpha value is 0.730. The average Bonchev–Trinajstić information content (AvgIpc) is 1.84. The van der Waals surface area contributed by atoms with E-state index in [4.69, 9.17) is 10.6 Å². The second-order valence-corrected chi connectivity index (χ2v) is 4.80. The number of rotatable bonds is 4. The van der Waals surface area contributed by atoms with E-state index < -0.39 is 7.37 Å². The van der Waals surface area contributed by atoms with Gasteiger partial charge in [0.05, 0.1) is 0 Å². The average molecular weight is 224 g/mol. The molecule has 1 atom stereocenters. The molecule has 6 heteroatoms. The molecule has 0 aromatic heterocycles. The van der Waals surface area contributed by atoms with Crippen LogP contribution in [0, 0.1) is 0 Å². The van der Waals surface area contributed by atoms with Gasteiger partial charge in [-0.15, -0.1) is 24.8 Å². The van der Waals surface area contributed by atoms with Crippen molar-refractivity contribution in [2.75, 3.05) is 18.9 Å². The molecule has 0 saturated carbocycles. The second kappa shape index (κ2) is 8.82. The summed E-state index contributed by atoms with van der Waals surface area (Å²) in [4.78, 5) is 8.95. The van der Waals surface area contributed by atoms with Crippen LogP contribution in [0.3, 0.4) is 0 Å². The lowest BCUT2D eigenvalue weighted by molar-refractivity contribution is 0.477. The van der Waals surface area contributed by atoms with Crippen LogP contribution in [-0.2, 0) is 4.57 Å². The van der Waals surface area contributed by atoms with Crippen LogP contribution in [0.1, 0.15) is 13.3 Å². The molecule has 0 radical (unpaired) electrons. The molecule has 3 N–H and O–H groups in total. The van der Waals surface area contributed by atoms with Crippen molar-refractivity contribution in [2.24, 2.45) is 5.73 Å². The summed E-state index contributed by atoms with van der Waals surface area (Å²) >= 11 is 0. The minimum atomic E-state index is -2.77. The lowest BCUT2D eigenvalue weighted by atomic mass is 10.5. The molecule has 11 heavy (non-hydrogen) atoms. The van der Waals surface area contributed by atoms with Gasteiger partial charge in [0.1, 0.15) is 0 Å². The molecular weight excluding hydrogens is 208 g/mol. The van der Waals surface area contributed by atoms with E-state index in [1.807, 2.05) is 0 Å². The highest BCUT2D eigenvalue weighted by atomic mass is 35.5. The molecule has 0 spiro atoms. The molecule has 0 fully saturated rings. The lowest BCUT2D eigenvalue weighted by Crippen LogP contribution is -2.02. The van der Waals surface area contributed by atoms with E-state index in [9.17, 15) is 4.57 Å². The topological polar surface area (TPSA) is 63.3 Å². The molecule has 0 heterocycles. The molecule has 0 aliphatic heterocycles. The molecule has 0 aliphatic rings. The first kappa shape index (κ1) is 17.7. The molecule has 1 unspecified atom stereocenters. The minimum absolute atomic E-state index is 0. The van der Waals surface area contributed by atoms with Gasteiger partial charge < -0.3 is 10.6 Å². The van der Waals surface area contributed by atoms with Crippen molar-refractivity contribution in [1.82, 2.24) is 0 Å². The highest BCUT2D eigenvalue weighted by Gasteiger charge is 2.12. The predicted octanol–water partition coefficient (Wildman–Crippen LogP) is 1.47. The van der Waals surface area contributed by atoms with Gasteiger partial charge in [-0.05, 0) is 13.0 Å². The van der Waals surface area contributed by atoms with Gasteiger partial charge in [-0.3, -0.25) is 4.57 Å². The van der Waals surface area contributed by atoms with Gasteiger partial charge in [-0.1, -0.05) is 6.92 Å². The standard InChI is InChI=1S/C5H14NO2P.2ClH/c1-2-9(7,8)5-3-4-6;;/h2-6H2,1H3,(H,7,8);2*1H. The first-order valence-corrected chi connectivity index (χ1v) is 5.16. The maximum Gasteiger partial charge on any atom is 0.200 e. The van der Waals surface area contributed by atoms with Crippen LogP contribution >= 0.6 is 32.2 Å². The van der Waals surface area contributed by atoms with Crippen LogP contribution in [0.2, 0.25) is 0 Å². The van der Waals surface area contributed by atoms with Crippen molar-refractivity contribution >= 4 is 32.2 Å².